The van der Waals surface area contributed by atoms with Crippen LogP contribution in [0.2, 0.25) is 0 Å². The second kappa shape index (κ2) is 6.13. The summed E-state index contributed by atoms with van der Waals surface area (Å²) in [6, 6.07) is 4.01. The fourth-order valence-electron chi connectivity index (χ4n) is 1.57. The lowest BCUT2D eigenvalue weighted by Crippen LogP contribution is -2.37. The number of hydrazine groups is 1. The van der Waals surface area contributed by atoms with Crippen LogP contribution < -0.4 is 11.3 Å². The number of nitro benzene ring substituents is 1. The standard InChI is InChI=1S/C10H17N5O4S/c1-13(2)20(18,19)14(3)7-8-6-9(15(16)17)4-5-10(8)12-11/h4-6,12H,7,11H2,1-3H3. The Labute approximate surface area is 117 Å². The van der Waals surface area contributed by atoms with Crippen LogP contribution in [-0.2, 0) is 16.8 Å². The Balaban J connectivity index is 3.13. The van der Waals surface area contributed by atoms with Crippen LogP contribution in [0.4, 0.5) is 11.4 Å². The summed E-state index contributed by atoms with van der Waals surface area (Å²) in [4.78, 5) is 10.2. The van der Waals surface area contributed by atoms with Gasteiger partial charge in [-0.25, -0.2) is 0 Å². The summed E-state index contributed by atoms with van der Waals surface area (Å²) in [5, 5.41) is 10.8. The lowest BCUT2D eigenvalue weighted by atomic mass is 10.1. The molecule has 0 amide bonds. The minimum absolute atomic E-state index is 0.0400. The topological polar surface area (TPSA) is 122 Å². The first-order valence-electron chi connectivity index (χ1n) is 5.58. The summed E-state index contributed by atoms with van der Waals surface area (Å²) in [5.41, 5.74) is 3.10. The van der Waals surface area contributed by atoms with E-state index < -0.39 is 15.1 Å². The number of nitrogens with two attached hydrogens (primary N) is 1. The highest BCUT2D eigenvalue weighted by atomic mass is 32.2. The summed E-state index contributed by atoms with van der Waals surface area (Å²) >= 11 is 0. The Bertz CT molecular complexity index is 602. The fourth-order valence-corrected chi connectivity index (χ4v) is 2.43. The second-order valence-electron chi connectivity index (χ2n) is 4.29. The Hall–Kier alpha value is -1.75. The average Bonchev–Trinajstić information content (AvgIpc) is 2.38. The number of anilines is 1. The highest BCUT2D eigenvalue weighted by Crippen LogP contribution is 2.23. The highest BCUT2D eigenvalue weighted by molar-refractivity contribution is 7.86. The first-order chi connectivity index (χ1) is 9.20. The van der Waals surface area contributed by atoms with E-state index in [1.807, 2.05) is 0 Å². The van der Waals surface area contributed by atoms with Crippen molar-refractivity contribution >= 4 is 21.6 Å². The van der Waals surface area contributed by atoms with Gasteiger partial charge < -0.3 is 5.43 Å². The molecular weight excluding hydrogens is 286 g/mol. The lowest BCUT2D eigenvalue weighted by molar-refractivity contribution is -0.384. The first kappa shape index (κ1) is 16.3. The third kappa shape index (κ3) is 3.42. The third-order valence-electron chi connectivity index (χ3n) is 2.70. The van der Waals surface area contributed by atoms with Gasteiger partial charge in [0, 0.05) is 39.8 Å². The van der Waals surface area contributed by atoms with Crippen molar-refractivity contribution in [3.63, 3.8) is 0 Å². The molecule has 0 spiro atoms. The Kier molecular flexibility index (Phi) is 5.00. The van der Waals surface area contributed by atoms with Gasteiger partial charge >= 0.3 is 0 Å². The number of hydrogen-bond acceptors (Lipinski definition) is 6. The molecule has 0 fully saturated rings. The molecule has 20 heavy (non-hydrogen) atoms. The fraction of sp³-hybridized carbons (Fsp3) is 0.400. The molecule has 0 heterocycles. The van der Waals surface area contributed by atoms with Crippen molar-refractivity contribution in [2.75, 3.05) is 26.6 Å². The summed E-state index contributed by atoms with van der Waals surface area (Å²) in [5.74, 6) is 5.32. The van der Waals surface area contributed by atoms with Crippen molar-refractivity contribution in [2.24, 2.45) is 5.84 Å². The van der Waals surface area contributed by atoms with Gasteiger partial charge in [-0.15, -0.1) is 0 Å². The molecule has 0 aliphatic rings. The van der Waals surface area contributed by atoms with E-state index >= 15 is 0 Å². The molecule has 1 aromatic carbocycles. The molecule has 0 atom stereocenters. The molecule has 0 aliphatic carbocycles. The zero-order valence-electron chi connectivity index (χ0n) is 11.4. The van der Waals surface area contributed by atoms with Crippen LogP contribution >= 0.6 is 0 Å². The molecule has 0 bridgehead atoms. The van der Waals surface area contributed by atoms with Crippen molar-refractivity contribution in [3.05, 3.63) is 33.9 Å². The number of non-ortho nitro benzene ring substituents is 1. The predicted molar refractivity (Wildman–Crippen MR) is 75.0 cm³/mol. The molecule has 1 aromatic rings. The van der Waals surface area contributed by atoms with E-state index in [4.69, 9.17) is 5.84 Å². The second-order valence-corrected chi connectivity index (χ2v) is 6.54. The highest BCUT2D eigenvalue weighted by Gasteiger charge is 2.22. The van der Waals surface area contributed by atoms with Crippen LogP contribution in [0.3, 0.4) is 0 Å². The third-order valence-corrected chi connectivity index (χ3v) is 4.54. The van der Waals surface area contributed by atoms with Crippen LogP contribution in [0, 0.1) is 10.1 Å². The van der Waals surface area contributed by atoms with Gasteiger partial charge in [0.2, 0.25) is 0 Å². The summed E-state index contributed by atoms with van der Waals surface area (Å²) in [6.07, 6.45) is 0. The van der Waals surface area contributed by atoms with Crippen molar-refractivity contribution in [2.45, 2.75) is 6.54 Å². The van der Waals surface area contributed by atoms with Crippen LogP contribution in [0.25, 0.3) is 0 Å². The van der Waals surface area contributed by atoms with E-state index in [1.165, 1.54) is 39.3 Å². The van der Waals surface area contributed by atoms with Crippen LogP contribution in [0.15, 0.2) is 18.2 Å². The van der Waals surface area contributed by atoms with E-state index in [1.54, 1.807) is 0 Å². The van der Waals surface area contributed by atoms with Crippen molar-refractivity contribution in [1.29, 1.82) is 0 Å². The SMILES string of the molecule is CN(C)S(=O)(=O)N(C)Cc1cc([N+](=O)[O-])ccc1NN. The number of benzene rings is 1. The molecule has 3 N–H and O–H groups in total. The number of nitrogen functional groups attached to an aromatic ring is 1. The van der Waals surface area contributed by atoms with Gasteiger partial charge in [0.25, 0.3) is 15.9 Å². The quantitative estimate of drug-likeness (QED) is 0.437. The average molecular weight is 303 g/mol. The monoisotopic (exact) mass is 303 g/mol. The minimum Gasteiger partial charge on any atom is -0.324 e. The molecule has 0 aliphatic heterocycles. The number of rotatable bonds is 6. The van der Waals surface area contributed by atoms with Gasteiger partial charge in [0.15, 0.2) is 0 Å². The Morgan fingerprint density at radius 3 is 2.40 bits per heavy atom. The summed E-state index contributed by atoms with van der Waals surface area (Å²) in [6.45, 7) is -0.0400. The lowest BCUT2D eigenvalue weighted by Gasteiger charge is -2.22. The summed E-state index contributed by atoms with van der Waals surface area (Å²) < 4.78 is 26.0. The van der Waals surface area contributed by atoms with Gasteiger partial charge in [0.1, 0.15) is 0 Å². The van der Waals surface area contributed by atoms with E-state index in [9.17, 15) is 18.5 Å². The molecule has 0 radical (unpaired) electrons. The maximum absolute atomic E-state index is 11.9. The predicted octanol–water partition coefficient (Wildman–Crippen LogP) is 0.119. The Morgan fingerprint density at radius 2 is 1.95 bits per heavy atom. The number of nitro groups is 1. The van der Waals surface area contributed by atoms with Gasteiger partial charge in [-0.1, -0.05) is 0 Å². The summed E-state index contributed by atoms with van der Waals surface area (Å²) in [7, 11) is 0.587. The van der Waals surface area contributed by atoms with Crippen LogP contribution in [0.5, 0.6) is 0 Å². The Morgan fingerprint density at radius 1 is 1.35 bits per heavy atom. The van der Waals surface area contributed by atoms with Gasteiger partial charge in [-0.2, -0.15) is 17.0 Å². The molecular formula is C10H17N5O4S. The molecule has 0 saturated carbocycles. The smallest absolute Gasteiger partial charge is 0.281 e. The van der Waals surface area contributed by atoms with E-state index in [-0.39, 0.29) is 12.2 Å². The van der Waals surface area contributed by atoms with Gasteiger partial charge in [0.05, 0.1) is 10.6 Å². The van der Waals surface area contributed by atoms with E-state index in [0.29, 0.717) is 11.3 Å². The maximum Gasteiger partial charge on any atom is 0.281 e. The minimum atomic E-state index is -3.60. The number of nitrogens with one attached hydrogen (secondary N) is 1. The first-order valence-corrected chi connectivity index (χ1v) is 6.97. The maximum atomic E-state index is 11.9. The molecule has 9 nitrogen and oxygen atoms in total. The van der Waals surface area contributed by atoms with Crippen LogP contribution in [0.1, 0.15) is 5.56 Å². The largest absolute Gasteiger partial charge is 0.324 e. The van der Waals surface area contributed by atoms with E-state index in [2.05, 4.69) is 5.43 Å². The zero-order valence-corrected chi connectivity index (χ0v) is 12.2. The van der Waals surface area contributed by atoms with Crippen LogP contribution in [-0.4, -0.2) is 43.1 Å². The normalized spacial score (nSPS) is 11.9. The van der Waals surface area contributed by atoms with Crippen molar-refractivity contribution in [3.8, 4) is 0 Å². The molecule has 0 aromatic heterocycles. The molecule has 0 saturated heterocycles. The van der Waals surface area contributed by atoms with E-state index in [0.717, 1.165) is 8.61 Å². The van der Waals surface area contributed by atoms with Crippen molar-refractivity contribution in [1.82, 2.24) is 8.61 Å². The molecule has 10 heteroatoms. The van der Waals surface area contributed by atoms with Gasteiger partial charge in [-0.3, -0.25) is 16.0 Å². The molecule has 1 rings (SSSR count). The van der Waals surface area contributed by atoms with Gasteiger partial charge in [-0.05, 0) is 11.6 Å². The molecule has 112 valence electrons. The number of hydrogen-bond donors (Lipinski definition) is 2. The number of nitrogens with zero attached hydrogens (tertiary/aromatic N) is 3. The zero-order chi connectivity index (χ0) is 15.5. The van der Waals surface area contributed by atoms with Crippen molar-refractivity contribution < 1.29 is 13.3 Å². The molecule has 0 unspecified atom stereocenters.